The zero-order chi connectivity index (χ0) is 15.4. The number of ether oxygens (including phenoxy) is 1. The average molecular weight is 373 g/mol. The van der Waals surface area contributed by atoms with Gasteiger partial charge in [-0.25, -0.2) is 4.68 Å². The Morgan fingerprint density at radius 3 is 2.86 bits per heavy atom. The lowest BCUT2D eigenvalue weighted by Gasteiger charge is -2.11. The molecule has 1 aromatic carbocycles. The third-order valence-corrected chi connectivity index (χ3v) is 3.91. The summed E-state index contributed by atoms with van der Waals surface area (Å²) >= 11 is 9.61. The summed E-state index contributed by atoms with van der Waals surface area (Å²) in [5.41, 5.74) is 2.02. The van der Waals surface area contributed by atoms with E-state index in [1.807, 2.05) is 32.2 Å². The van der Waals surface area contributed by atoms with Crippen LogP contribution in [0, 0.1) is 6.92 Å². The van der Waals surface area contributed by atoms with Crippen molar-refractivity contribution < 1.29 is 4.74 Å². The van der Waals surface area contributed by atoms with Gasteiger partial charge in [0.15, 0.2) is 0 Å². The lowest BCUT2D eigenvalue weighted by Crippen LogP contribution is -2.14. The molecule has 0 amide bonds. The molecule has 4 nitrogen and oxygen atoms in total. The second kappa shape index (κ2) is 7.29. The van der Waals surface area contributed by atoms with Crippen molar-refractivity contribution in [2.24, 2.45) is 7.05 Å². The summed E-state index contributed by atoms with van der Waals surface area (Å²) in [5, 5.41) is 8.38. The normalized spacial score (nSPS) is 10.9. The van der Waals surface area contributed by atoms with E-state index >= 15 is 0 Å². The molecule has 21 heavy (non-hydrogen) atoms. The molecule has 0 unspecified atom stereocenters. The highest BCUT2D eigenvalue weighted by Crippen LogP contribution is 2.33. The number of hydrogen-bond acceptors (Lipinski definition) is 3. The quantitative estimate of drug-likeness (QED) is 0.762. The van der Waals surface area contributed by atoms with E-state index in [-0.39, 0.29) is 0 Å². The van der Waals surface area contributed by atoms with Crippen LogP contribution in [0.5, 0.6) is 11.6 Å². The summed E-state index contributed by atoms with van der Waals surface area (Å²) in [7, 11) is 1.87. The lowest BCUT2D eigenvalue weighted by atomic mass is 10.2. The molecule has 0 saturated carbocycles. The molecule has 0 bridgehead atoms. The van der Waals surface area contributed by atoms with E-state index in [4.69, 9.17) is 16.3 Å². The monoisotopic (exact) mass is 371 g/mol. The highest BCUT2D eigenvalue weighted by Gasteiger charge is 2.16. The first-order valence-electron chi connectivity index (χ1n) is 6.89. The second-order valence-electron chi connectivity index (χ2n) is 4.85. The number of nitrogens with zero attached hydrogens (tertiary/aromatic N) is 2. The zero-order valence-electron chi connectivity index (χ0n) is 12.4. The molecule has 0 atom stereocenters. The molecular weight excluding hydrogens is 354 g/mol. The number of benzene rings is 1. The van der Waals surface area contributed by atoms with Crippen LogP contribution in [0.15, 0.2) is 22.7 Å². The molecule has 2 aromatic rings. The molecule has 0 aliphatic carbocycles. The molecule has 0 aliphatic heterocycles. The lowest BCUT2D eigenvalue weighted by molar-refractivity contribution is 0.424. The second-order valence-corrected chi connectivity index (χ2v) is 6.17. The van der Waals surface area contributed by atoms with Gasteiger partial charge in [-0.05, 0) is 38.1 Å². The first kappa shape index (κ1) is 16.3. The van der Waals surface area contributed by atoms with Crippen LogP contribution >= 0.6 is 27.5 Å². The van der Waals surface area contributed by atoms with Gasteiger partial charge < -0.3 is 10.1 Å². The van der Waals surface area contributed by atoms with Gasteiger partial charge in [-0.3, -0.25) is 0 Å². The van der Waals surface area contributed by atoms with Gasteiger partial charge in [0.25, 0.3) is 0 Å². The van der Waals surface area contributed by atoms with Crippen LogP contribution < -0.4 is 10.1 Å². The largest absolute Gasteiger partial charge is 0.437 e. The molecular formula is C15H19BrClN3O. The zero-order valence-corrected chi connectivity index (χ0v) is 14.8. The Balaban J connectivity index is 2.26. The molecule has 1 heterocycles. The maximum atomic E-state index is 6.22. The molecule has 1 aromatic heterocycles. The number of aromatic nitrogens is 2. The molecule has 6 heteroatoms. The van der Waals surface area contributed by atoms with Gasteiger partial charge in [0.2, 0.25) is 5.88 Å². The molecule has 0 fully saturated rings. The van der Waals surface area contributed by atoms with Crippen molar-refractivity contribution in [2.75, 3.05) is 6.54 Å². The van der Waals surface area contributed by atoms with Gasteiger partial charge >= 0.3 is 0 Å². The van der Waals surface area contributed by atoms with Gasteiger partial charge in [0, 0.05) is 18.1 Å². The molecule has 1 N–H and O–H groups in total. The smallest absolute Gasteiger partial charge is 0.222 e. The van der Waals surface area contributed by atoms with Gasteiger partial charge in [-0.1, -0.05) is 34.5 Å². The predicted octanol–water partition coefficient (Wildman–Crippen LogP) is 4.44. The van der Waals surface area contributed by atoms with Crippen molar-refractivity contribution in [1.29, 1.82) is 0 Å². The van der Waals surface area contributed by atoms with Gasteiger partial charge in [0.1, 0.15) is 5.75 Å². The Hall–Kier alpha value is -1.04. The van der Waals surface area contributed by atoms with E-state index < -0.39 is 0 Å². The summed E-state index contributed by atoms with van der Waals surface area (Å²) in [6.07, 6.45) is 1.09. The third kappa shape index (κ3) is 3.99. The van der Waals surface area contributed by atoms with Crippen LogP contribution in [-0.4, -0.2) is 16.3 Å². The van der Waals surface area contributed by atoms with Crippen molar-refractivity contribution in [3.8, 4) is 11.6 Å². The van der Waals surface area contributed by atoms with Crippen LogP contribution in [0.3, 0.4) is 0 Å². The molecule has 0 spiro atoms. The minimum Gasteiger partial charge on any atom is -0.437 e. The van der Waals surface area contributed by atoms with Crippen molar-refractivity contribution >= 4 is 27.5 Å². The van der Waals surface area contributed by atoms with Crippen molar-refractivity contribution in [1.82, 2.24) is 15.1 Å². The van der Waals surface area contributed by atoms with Gasteiger partial charge in [0.05, 0.1) is 16.3 Å². The highest BCUT2D eigenvalue weighted by atomic mass is 79.9. The number of halogens is 2. The molecule has 0 aliphatic rings. The maximum absolute atomic E-state index is 6.22. The number of nitrogens with one attached hydrogen (secondary N) is 1. The van der Waals surface area contributed by atoms with Gasteiger partial charge in [-0.2, -0.15) is 5.10 Å². The van der Waals surface area contributed by atoms with Crippen LogP contribution in [0.4, 0.5) is 0 Å². The van der Waals surface area contributed by atoms with Crippen LogP contribution in [-0.2, 0) is 13.6 Å². The van der Waals surface area contributed by atoms with Crippen molar-refractivity contribution in [3.63, 3.8) is 0 Å². The highest BCUT2D eigenvalue weighted by molar-refractivity contribution is 9.10. The summed E-state index contributed by atoms with van der Waals surface area (Å²) in [6, 6.07) is 5.56. The van der Waals surface area contributed by atoms with Crippen LogP contribution in [0.25, 0.3) is 0 Å². The van der Waals surface area contributed by atoms with E-state index in [0.717, 1.165) is 41.1 Å². The minimum atomic E-state index is 0.565. The fourth-order valence-corrected chi connectivity index (χ4v) is 2.78. The Morgan fingerprint density at radius 2 is 2.19 bits per heavy atom. The van der Waals surface area contributed by atoms with E-state index in [2.05, 4.69) is 33.3 Å². The summed E-state index contributed by atoms with van der Waals surface area (Å²) in [5.74, 6) is 1.35. The molecule has 0 radical (unpaired) electrons. The van der Waals surface area contributed by atoms with Crippen molar-refractivity contribution in [3.05, 3.63) is 39.0 Å². The van der Waals surface area contributed by atoms with E-state index in [0.29, 0.717) is 10.8 Å². The van der Waals surface area contributed by atoms with E-state index in [9.17, 15) is 0 Å². The standard InChI is InChI=1S/C15H19BrClN3O/c1-4-7-18-9-12-10(2)19-20(3)15(12)21-14-6-5-11(16)8-13(14)17/h5-6,8,18H,4,7,9H2,1-3H3. The first-order chi connectivity index (χ1) is 10.0. The fraction of sp³-hybridized carbons (Fsp3) is 0.400. The fourth-order valence-electron chi connectivity index (χ4n) is 2.06. The Labute approximate surface area is 138 Å². The Bertz CT molecular complexity index is 628. The number of hydrogen-bond donors (Lipinski definition) is 1. The average Bonchev–Trinajstić information content (AvgIpc) is 2.68. The number of aryl methyl sites for hydroxylation is 2. The first-order valence-corrected chi connectivity index (χ1v) is 8.06. The SMILES string of the molecule is CCCNCc1c(C)nn(C)c1Oc1ccc(Br)cc1Cl. The predicted molar refractivity (Wildman–Crippen MR) is 89.2 cm³/mol. The third-order valence-electron chi connectivity index (χ3n) is 3.12. The number of rotatable bonds is 6. The van der Waals surface area contributed by atoms with Crippen LogP contribution in [0.2, 0.25) is 5.02 Å². The topological polar surface area (TPSA) is 39.1 Å². The Kier molecular flexibility index (Phi) is 5.67. The van der Waals surface area contributed by atoms with E-state index in [1.165, 1.54) is 0 Å². The molecule has 114 valence electrons. The summed E-state index contributed by atoms with van der Waals surface area (Å²) in [4.78, 5) is 0. The maximum Gasteiger partial charge on any atom is 0.222 e. The Morgan fingerprint density at radius 1 is 1.43 bits per heavy atom. The van der Waals surface area contributed by atoms with Crippen LogP contribution in [0.1, 0.15) is 24.6 Å². The molecule has 0 saturated heterocycles. The van der Waals surface area contributed by atoms with Gasteiger partial charge in [-0.15, -0.1) is 0 Å². The minimum absolute atomic E-state index is 0.565. The summed E-state index contributed by atoms with van der Waals surface area (Å²) in [6.45, 7) is 5.82. The van der Waals surface area contributed by atoms with Crippen molar-refractivity contribution in [2.45, 2.75) is 26.8 Å². The van der Waals surface area contributed by atoms with E-state index in [1.54, 1.807) is 4.68 Å². The molecule has 2 rings (SSSR count). The summed E-state index contributed by atoms with van der Waals surface area (Å²) < 4.78 is 8.65.